The Morgan fingerprint density at radius 1 is 0.906 bits per heavy atom. The molecule has 2 aromatic rings. The second-order valence-electron chi connectivity index (χ2n) is 9.56. The minimum Gasteiger partial charge on any atom is -0.480 e. The number of hydrogen-bond donors (Lipinski definition) is 2. The van der Waals surface area contributed by atoms with E-state index in [1.54, 1.807) is 0 Å². The van der Waals surface area contributed by atoms with Gasteiger partial charge in [0.15, 0.2) is 0 Å². The Hall–Kier alpha value is -2.70. The smallest absolute Gasteiger partial charge is 0.329 e. The molecule has 2 N–H and O–H groups in total. The highest BCUT2D eigenvalue weighted by molar-refractivity contribution is 5.89. The van der Waals surface area contributed by atoms with Crippen molar-refractivity contribution in [3.63, 3.8) is 0 Å². The van der Waals surface area contributed by atoms with Crippen LogP contribution in [0.2, 0.25) is 0 Å². The molecule has 170 valence electrons. The number of aliphatic carboxylic acids is 1. The van der Waals surface area contributed by atoms with Gasteiger partial charge in [-0.15, -0.1) is 0 Å². The predicted molar refractivity (Wildman–Crippen MR) is 120 cm³/mol. The summed E-state index contributed by atoms with van der Waals surface area (Å²) >= 11 is 0. The molecule has 0 spiro atoms. The Labute approximate surface area is 188 Å². The Morgan fingerprint density at radius 3 is 1.94 bits per heavy atom. The van der Waals surface area contributed by atoms with E-state index in [4.69, 9.17) is 9.47 Å². The lowest BCUT2D eigenvalue weighted by atomic mass is 9.79. The quantitative estimate of drug-likeness (QED) is 0.731. The maximum absolute atomic E-state index is 13.6. The maximum Gasteiger partial charge on any atom is 0.329 e. The molecule has 6 nitrogen and oxygen atoms in total. The van der Waals surface area contributed by atoms with Gasteiger partial charge in [-0.1, -0.05) is 93.8 Å². The highest BCUT2D eigenvalue weighted by atomic mass is 16.7. The summed E-state index contributed by atoms with van der Waals surface area (Å²) in [5.74, 6) is -2.64. The third kappa shape index (κ3) is 4.05. The van der Waals surface area contributed by atoms with Crippen molar-refractivity contribution >= 4 is 11.9 Å². The third-order valence-corrected chi connectivity index (χ3v) is 6.67. The van der Waals surface area contributed by atoms with Gasteiger partial charge in [0.05, 0.1) is 6.61 Å². The average molecular weight is 438 g/mol. The maximum atomic E-state index is 13.6. The number of hydrogen-bond acceptors (Lipinski definition) is 4. The first kappa shape index (κ1) is 22.5. The van der Waals surface area contributed by atoms with E-state index in [0.29, 0.717) is 12.8 Å². The van der Waals surface area contributed by atoms with E-state index in [0.717, 1.165) is 30.4 Å². The van der Waals surface area contributed by atoms with E-state index in [9.17, 15) is 14.7 Å². The summed E-state index contributed by atoms with van der Waals surface area (Å²) < 4.78 is 12.9. The van der Waals surface area contributed by atoms with Crippen molar-refractivity contribution in [1.82, 2.24) is 5.32 Å². The summed E-state index contributed by atoms with van der Waals surface area (Å²) in [6.07, 6.45) is 2.51. The number of amides is 1. The number of benzene rings is 2. The first-order chi connectivity index (χ1) is 15.3. The van der Waals surface area contributed by atoms with Gasteiger partial charge >= 0.3 is 5.97 Å². The molecule has 2 fully saturated rings. The van der Waals surface area contributed by atoms with Crippen LogP contribution in [0.25, 0.3) is 0 Å². The lowest BCUT2D eigenvalue weighted by Gasteiger charge is -2.49. The monoisotopic (exact) mass is 437 g/mol. The summed E-state index contributed by atoms with van der Waals surface area (Å²) in [5.41, 5.74) is -0.323. The number of carbonyl (C=O) groups excluding carboxylic acids is 1. The molecule has 1 saturated heterocycles. The molecule has 4 rings (SSSR count). The van der Waals surface area contributed by atoms with Gasteiger partial charge < -0.3 is 19.9 Å². The minimum absolute atomic E-state index is 0.273. The minimum atomic E-state index is -1.26. The first-order valence-corrected chi connectivity index (χ1v) is 11.3. The van der Waals surface area contributed by atoms with Crippen LogP contribution in [0, 0.1) is 5.41 Å². The number of rotatable bonds is 5. The van der Waals surface area contributed by atoms with Gasteiger partial charge in [-0.3, -0.25) is 4.79 Å². The highest BCUT2D eigenvalue weighted by Gasteiger charge is 2.53. The van der Waals surface area contributed by atoms with Gasteiger partial charge in [0.2, 0.25) is 5.79 Å². The number of carboxylic acid groups (broad SMARTS) is 1. The van der Waals surface area contributed by atoms with E-state index >= 15 is 0 Å². The lowest BCUT2D eigenvalue weighted by molar-refractivity contribution is -0.309. The van der Waals surface area contributed by atoms with Crippen molar-refractivity contribution in [3.8, 4) is 0 Å². The van der Waals surface area contributed by atoms with Crippen LogP contribution < -0.4 is 5.32 Å². The summed E-state index contributed by atoms with van der Waals surface area (Å²) in [6, 6.07) is 19.1. The Balaban J connectivity index is 1.71. The van der Waals surface area contributed by atoms with E-state index in [1.807, 2.05) is 74.5 Å². The Bertz CT molecular complexity index is 911. The molecule has 0 radical (unpaired) electrons. The standard InChI is InChI=1S/C26H31NO5/c1-24(2)18-31-26(19-12-6-3-7-13-19,20-14-8-4-9-15-20)32-21(24)22(28)27-25(23(29)30)16-10-5-11-17-25/h3-4,6-9,12-15,21H,5,10-11,16-18H2,1-2H3,(H,27,28)(H,29,30). The van der Waals surface area contributed by atoms with Crippen molar-refractivity contribution in [2.45, 2.75) is 63.4 Å². The van der Waals surface area contributed by atoms with Crippen LogP contribution in [0.1, 0.15) is 57.1 Å². The Morgan fingerprint density at radius 2 is 1.44 bits per heavy atom. The summed E-state index contributed by atoms with van der Waals surface area (Å²) in [5, 5.41) is 12.8. The van der Waals surface area contributed by atoms with Crippen LogP contribution in [0.3, 0.4) is 0 Å². The molecular formula is C26H31NO5. The van der Waals surface area contributed by atoms with E-state index in [2.05, 4.69) is 5.32 Å². The van der Waals surface area contributed by atoms with Gasteiger partial charge in [0.1, 0.15) is 11.6 Å². The second-order valence-corrected chi connectivity index (χ2v) is 9.56. The van der Waals surface area contributed by atoms with E-state index in [-0.39, 0.29) is 6.61 Å². The number of carbonyl (C=O) groups is 2. The number of nitrogens with one attached hydrogen (secondary N) is 1. The summed E-state index contributed by atoms with van der Waals surface area (Å²) in [4.78, 5) is 25.7. The van der Waals surface area contributed by atoms with Crippen molar-refractivity contribution in [2.75, 3.05) is 6.61 Å². The van der Waals surface area contributed by atoms with Crippen LogP contribution in [-0.2, 0) is 24.8 Å². The summed E-state index contributed by atoms with van der Waals surface area (Å²) in [6.45, 7) is 4.09. The fourth-order valence-corrected chi connectivity index (χ4v) is 4.76. The number of ether oxygens (including phenoxy) is 2. The molecule has 1 amide bonds. The van der Waals surface area contributed by atoms with Crippen LogP contribution in [-0.4, -0.2) is 35.2 Å². The summed E-state index contributed by atoms with van der Waals surface area (Å²) in [7, 11) is 0. The zero-order valence-electron chi connectivity index (χ0n) is 18.7. The molecule has 2 aliphatic rings. The van der Waals surface area contributed by atoms with Gasteiger partial charge in [-0.05, 0) is 12.8 Å². The molecule has 1 atom stereocenters. The topological polar surface area (TPSA) is 84.9 Å². The zero-order chi connectivity index (χ0) is 22.8. The van der Waals surface area contributed by atoms with E-state index in [1.165, 1.54) is 0 Å². The normalized spacial score (nSPS) is 23.8. The van der Waals surface area contributed by atoms with Crippen LogP contribution in [0.4, 0.5) is 0 Å². The van der Waals surface area contributed by atoms with Gasteiger partial charge in [0, 0.05) is 16.5 Å². The third-order valence-electron chi connectivity index (χ3n) is 6.67. The second kappa shape index (κ2) is 8.68. The SMILES string of the molecule is CC1(C)COC(c2ccccc2)(c2ccccc2)OC1C(=O)NC1(C(=O)O)CCCCC1. The van der Waals surface area contributed by atoms with Crippen LogP contribution in [0.15, 0.2) is 60.7 Å². The molecule has 1 heterocycles. The molecule has 6 heteroatoms. The Kier molecular flexibility index (Phi) is 6.10. The molecule has 1 unspecified atom stereocenters. The lowest BCUT2D eigenvalue weighted by Crippen LogP contribution is -2.63. The van der Waals surface area contributed by atoms with Crippen LogP contribution in [0.5, 0.6) is 0 Å². The molecule has 1 aliphatic carbocycles. The van der Waals surface area contributed by atoms with Crippen molar-refractivity contribution in [3.05, 3.63) is 71.8 Å². The molecule has 1 saturated carbocycles. The fraction of sp³-hybridized carbons (Fsp3) is 0.462. The fourth-order valence-electron chi connectivity index (χ4n) is 4.76. The predicted octanol–water partition coefficient (Wildman–Crippen LogP) is 4.23. The molecule has 1 aliphatic heterocycles. The van der Waals surface area contributed by atoms with Crippen molar-refractivity contribution in [2.24, 2.45) is 5.41 Å². The highest BCUT2D eigenvalue weighted by Crippen LogP contribution is 2.45. The largest absolute Gasteiger partial charge is 0.480 e. The van der Waals surface area contributed by atoms with E-state index < -0.39 is 34.7 Å². The van der Waals surface area contributed by atoms with Gasteiger partial charge in [0.25, 0.3) is 5.91 Å². The van der Waals surface area contributed by atoms with Gasteiger partial charge in [-0.25, -0.2) is 4.79 Å². The molecule has 32 heavy (non-hydrogen) atoms. The van der Waals surface area contributed by atoms with Crippen LogP contribution >= 0.6 is 0 Å². The van der Waals surface area contributed by atoms with Crippen molar-refractivity contribution < 1.29 is 24.2 Å². The number of carboxylic acids is 1. The van der Waals surface area contributed by atoms with Crippen molar-refractivity contribution in [1.29, 1.82) is 0 Å². The average Bonchev–Trinajstić information content (AvgIpc) is 2.81. The molecule has 2 aromatic carbocycles. The molecule has 0 bridgehead atoms. The first-order valence-electron chi connectivity index (χ1n) is 11.3. The zero-order valence-corrected chi connectivity index (χ0v) is 18.7. The molecule has 0 aromatic heterocycles. The molecular weight excluding hydrogens is 406 g/mol. The van der Waals surface area contributed by atoms with Gasteiger partial charge in [-0.2, -0.15) is 0 Å².